The Labute approximate surface area is 120 Å². The molecule has 0 aromatic heterocycles. The van der Waals surface area contributed by atoms with Crippen LogP contribution in [0.25, 0.3) is 0 Å². The Hall–Kier alpha value is -1.26. The molecule has 2 saturated carbocycles. The van der Waals surface area contributed by atoms with Crippen LogP contribution in [0.5, 0.6) is 0 Å². The topological polar surface area (TPSA) is 78.4 Å². The first kappa shape index (κ1) is 15.1. The molecule has 0 saturated heterocycles. The highest BCUT2D eigenvalue weighted by Gasteiger charge is 2.41. The van der Waals surface area contributed by atoms with E-state index in [9.17, 15) is 14.7 Å². The van der Waals surface area contributed by atoms with Crippen LogP contribution in [0, 0.1) is 11.3 Å². The van der Waals surface area contributed by atoms with Crippen molar-refractivity contribution in [3.63, 3.8) is 0 Å². The van der Waals surface area contributed by atoms with Crippen LogP contribution in [0.2, 0.25) is 0 Å². The van der Waals surface area contributed by atoms with E-state index in [0.717, 1.165) is 25.7 Å². The van der Waals surface area contributed by atoms with Crippen LogP contribution in [-0.4, -0.2) is 29.7 Å². The molecule has 0 bridgehead atoms. The first-order valence-corrected chi connectivity index (χ1v) is 7.80. The van der Waals surface area contributed by atoms with Gasteiger partial charge in [-0.15, -0.1) is 0 Å². The summed E-state index contributed by atoms with van der Waals surface area (Å²) in [7, 11) is 0. The zero-order chi connectivity index (χ0) is 14.6. The zero-order valence-corrected chi connectivity index (χ0v) is 12.3. The largest absolute Gasteiger partial charge is 0.481 e. The van der Waals surface area contributed by atoms with E-state index in [-0.39, 0.29) is 18.6 Å². The predicted molar refractivity (Wildman–Crippen MR) is 76.5 cm³/mol. The van der Waals surface area contributed by atoms with Crippen molar-refractivity contribution in [2.24, 2.45) is 11.3 Å². The monoisotopic (exact) mass is 282 g/mol. The summed E-state index contributed by atoms with van der Waals surface area (Å²) >= 11 is 0. The number of hydrogen-bond donors (Lipinski definition) is 3. The normalized spacial score (nSPS) is 30.9. The lowest BCUT2D eigenvalue weighted by Gasteiger charge is -2.35. The molecule has 5 nitrogen and oxygen atoms in total. The van der Waals surface area contributed by atoms with Crippen LogP contribution in [-0.2, 0) is 4.79 Å². The molecule has 0 spiro atoms. The van der Waals surface area contributed by atoms with Crippen molar-refractivity contribution in [1.29, 1.82) is 0 Å². The van der Waals surface area contributed by atoms with Gasteiger partial charge in [0.2, 0.25) is 0 Å². The van der Waals surface area contributed by atoms with Gasteiger partial charge in [0.1, 0.15) is 0 Å². The van der Waals surface area contributed by atoms with Gasteiger partial charge in [-0.05, 0) is 44.4 Å². The summed E-state index contributed by atoms with van der Waals surface area (Å²) in [6.45, 7) is 2.40. The number of aliphatic carboxylic acids is 1. The van der Waals surface area contributed by atoms with Crippen molar-refractivity contribution in [2.75, 3.05) is 6.54 Å². The van der Waals surface area contributed by atoms with Gasteiger partial charge in [-0.25, -0.2) is 4.79 Å². The van der Waals surface area contributed by atoms with Crippen molar-refractivity contribution in [2.45, 2.75) is 64.3 Å². The Balaban J connectivity index is 1.82. The summed E-state index contributed by atoms with van der Waals surface area (Å²) in [4.78, 5) is 23.4. The molecule has 20 heavy (non-hydrogen) atoms. The lowest BCUT2D eigenvalue weighted by Crippen LogP contribution is -2.49. The highest BCUT2D eigenvalue weighted by molar-refractivity contribution is 5.78. The highest BCUT2D eigenvalue weighted by Crippen LogP contribution is 2.38. The molecule has 0 atom stereocenters. The van der Waals surface area contributed by atoms with Gasteiger partial charge in [-0.2, -0.15) is 0 Å². The number of carboxylic acids is 1. The Kier molecular flexibility index (Phi) is 4.89. The van der Waals surface area contributed by atoms with E-state index >= 15 is 0 Å². The van der Waals surface area contributed by atoms with E-state index in [4.69, 9.17) is 0 Å². The molecule has 2 rings (SSSR count). The van der Waals surface area contributed by atoms with Crippen LogP contribution in [0.4, 0.5) is 4.79 Å². The third-order valence-corrected chi connectivity index (χ3v) is 4.96. The fourth-order valence-corrected chi connectivity index (χ4v) is 3.34. The van der Waals surface area contributed by atoms with Crippen molar-refractivity contribution < 1.29 is 14.7 Å². The van der Waals surface area contributed by atoms with E-state index in [1.165, 1.54) is 12.8 Å². The third-order valence-electron chi connectivity index (χ3n) is 4.96. The molecule has 3 N–H and O–H groups in total. The average Bonchev–Trinajstić information content (AvgIpc) is 2.91. The smallest absolute Gasteiger partial charge is 0.315 e. The number of carboxylic acid groups (broad SMARTS) is 1. The lowest BCUT2D eigenvalue weighted by molar-refractivity contribution is -0.151. The van der Waals surface area contributed by atoms with E-state index in [2.05, 4.69) is 17.6 Å². The number of nitrogens with one attached hydrogen (secondary N) is 2. The quantitative estimate of drug-likeness (QED) is 0.741. The Morgan fingerprint density at radius 3 is 2.30 bits per heavy atom. The molecule has 2 aliphatic rings. The first-order valence-electron chi connectivity index (χ1n) is 7.80. The van der Waals surface area contributed by atoms with Crippen LogP contribution in [0.1, 0.15) is 58.3 Å². The van der Waals surface area contributed by atoms with Crippen LogP contribution in [0.15, 0.2) is 0 Å². The van der Waals surface area contributed by atoms with Gasteiger partial charge in [0.05, 0.1) is 5.41 Å². The van der Waals surface area contributed by atoms with Crippen molar-refractivity contribution in [3.8, 4) is 0 Å². The predicted octanol–water partition coefficient (Wildman–Crippen LogP) is 2.51. The molecule has 0 aromatic carbocycles. The summed E-state index contributed by atoms with van der Waals surface area (Å²) < 4.78 is 0. The van der Waals surface area contributed by atoms with Gasteiger partial charge in [0.15, 0.2) is 0 Å². The molecule has 2 fully saturated rings. The maximum atomic E-state index is 11.9. The lowest BCUT2D eigenvalue weighted by atomic mass is 9.71. The standard InChI is InChI=1S/C15H26N2O3/c1-11-6-8-15(9-7-11,13(18)19)10-16-14(20)17-12-4-2-3-5-12/h11-12H,2-10H2,1H3,(H,18,19)(H2,16,17,20). The molecule has 2 amide bonds. The SMILES string of the molecule is CC1CCC(CNC(=O)NC2CCCC2)(C(=O)O)CC1. The summed E-state index contributed by atoms with van der Waals surface area (Å²) in [6.07, 6.45) is 7.59. The zero-order valence-electron chi connectivity index (χ0n) is 12.3. The number of urea groups is 1. The first-order chi connectivity index (χ1) is 9.52. The molecular weight excluding hydrogens is 256 g/mol. The van der Waals surface area contributed by atoms with E-state index in [1.54, 1.807) is 0 Å². The number of rotatable bonds is 4. The van der Waals surface area contributed by atoms with Crippen LogP contribution in [0.3, 0.4) is 0 Å². The van der Waals surface area contributed by atoms with Crippen LogP contribution >= 0.6 is 0 Å². The number of hydrogen-bond acceptors (Lipinski definition) is 2. The molecule has 5 heteroatoms. The Bertz CT molecular complexity index is 356. The fourth-order valence-electron chi connectivity index (χ4n) is 3.34. The van der Waals surface area contributed by atoms with Crippen molar-refractivity contribution in [3.05, 3.63) is 0 Å². The summed E-state index contributed by atoms with van der Waals surface area (Å²) in [5.74, 6) is -0.180. The van der Waals surface area contributed by atoms with Gasteiger partial charge >= 0.3 is 12.0 Å². The van der Waals surface area contributed by atoms with Gasteiger partial charge in [-0.1, -0.05) is 19.8 Å². The minimum Gasteiger partial charge on any atom is -0.481 e. The number of carbonyl (C=O) groups excluding carboxylic acids is 1. The second-order valence-corrected chi connectivity index (χ2v) is 6.58. The minimum atomic E-state index is -0.773. The van der Waals surface area contributed by atoms with E-state index < -0.39 is 11.4 Å². The molecular formula is C15H26N2O3. The maximum absolute atomic E-state index is 11.9. The highest BCUT2D eigenvalue weighted by atomic mass is 16.4. The van der Waals surface area contributed by atoms with Crippen molar-refractivity contribution in [1.82, 2.24) is 10.6 Å². The van der Waals surface area contributed by atoms with Gasteiger partial charge in [0, 0.05) is 12.6 Å². The number of amides is 2. The minimum absolute atomic E-state index is 0.212. The summed E-state index contributed by atoms with van der Waals surface area (Å²) in [5.41, 5.74) is -0.764. The molecule has 114 valence electrons. The van der Waals surface area contributed by atoms with Crippen molar-refractivity contribution >= 4 is 12.0 Å². The fraction of sp³-hybridized carbons (Fsp3) is 0.867. The Morgan fingerprint density at radius 1 is 1.15 bits per heavy atom. The van der Waals surface area contributed by atoms with E-state index in [1.807, 2.05) is 0 Å². The maximum Gasteiger partial charge on any atom is 0.315 e. The second-order valence-electron chi connectivity index (χ2n) is 6.58. The molecule has 0 aliphatic heterocycles. The average molecular weight is 282 g/mol. The van der Waals surface area contributed by atoms with E-state index in [0.29, 0.717) is 18.8 Å². The van der Waals surface area contributed by atoms with Crippen LogP contribution < -0.4 is 10.6 Å². The second kappa shape index (κ2) is 6.46. The molecule has 0 aromatic rings. The van der Waals surface area contributed by atoms with Gasteiger partial charge in [0.25, 0.3) is 0 Å². The molecule has 0 unspecified atom stereocenters. The molecule has 0 heterocycles. The summed E-state index contributed by atoms with van der Waals surface area (Å²) in [6, 6.07) is 0.0540. The van der Waals surface area contributed by atoms with Gasteiger partial charge in [-0.3, -0.25) is 4.79 Å². The number of carbonyl (C=O) groups is 2. The summed E-state index contributed by atoms with van der Waals surface area (Å²) in [5, 5.41) is 15.2. The molecule has 0 radical (unpaired) electrons. The Morgan fingerprint density at radius 2 is 1.75 bits per heavy atom. The molecule has 2 aliphatic carbocycles. The van der Waals surface area contributed by atoms with Gasteiger partial charge < -0.3 is 15.7 Å². The third kappa shape index (κ3) is 3.64.